The standard InChI is InChI=1S/C11H14N2O2/c1-14-6-3-7-15-10-5-2-4-9-11(10)13-8-12-9/h2,4-5,8H,3,6-7H2,1H3,(H,12,13). The van der Waals surface area contributed by atoms with E-state index in [2.05, 4.69) is 9.97 Å². The Morgan fingerprint density at radius 2 is 2.27 bits per heavy atom. The van der Waals surface area contributed by atoms with Crippen molar-refractivity contribution in [1.29, 1.82) is 0 Å². The lowest BCUT2D eigenvalue weighted by Gasteiger charge is -2.05. The molecule has 0 saturated heterocycles. The molecule has 4 nitrogen and oxygen atoms in total. The van der Waals surface area contributed by atoms with Crippen molar-refractivity contribution in [2.24, 2.45) is 0 Å². The Labute approximate surface area is 88.2 Å². The Morgan fingerprint density at radius 1 is 1.33 bits per heavy atom. The van der Waals surface area contributed by atoms with E-state index < -0.39 is 0 Å². The van der Waals surface area contributed by atoms with E-state index >= 15 is 0 Å². The summed E-state index contributed by atoms with van der Waals surface area (Å²) in [6.45, 7) is 1.37. The number of aromatic nitrogens is 2. The Kier molecular flexibility index (Phi) is 3.19. The fraction of sp³-hybridized carbons (Fsp3) is 0.364. The summed E-state index contributed by atoms with van der Waals surface area (Å²) in [4.78, 5) is 7.25. The van der Waals surface area contributed by atoms with Crippen molar-refractivity contribution in [3.05, 3.63) is 24.5 Å². The lowest BCUT2D eigenvalue weighted by atomic mass is 10.3. The smallest absolute Gasteiger partial charge is 0.147 e. The van der Waals surface area contributed by atoms with Gasteiger partial charge in [-0.2, -0.15) is 0 Å². The van der Waals surface area contributed by atoms with Crippen LogP contribution in [-0.2, 0) is 4.74 Å². The summed E-state index contributed by atoms with van der Waals surface area (Å²) >= 11 is 0. The normalized spacial score (nSPS) is 10.7. The molecule has 0 bridgehead atoms. The maximum atomic E-state index is 5.62. The summed E-state index contributed by atoms with van der Waals surface area (Å²) in [5.41, 5.74) is 1.88. The topological polar surface area (TPSA) is 47.1 Å². The predicted molar refractivity (Wildman–Crippen MR) is 58.1 cm³/mol. The number of hydrogen-bond acceptors (Lipinski definition) is 3. The highest BCUT2D eigenvalue weighted by Gasteiger charge is 2.03. The molecule has 0 aliphatic carbocycles. The first-order chi connectivity index (χ1) is 7.42. The molecule has 0 fully saturated rings. The molecule has 0 atom stereocenters. The zero-order valence-corrected chi connectivity index (χ0v) is 8.69. The van der Waals surface area contributed by atoms with Crippen molar-refractivity contribution in [3.63, 3.8) is 0 Å². The molecule has 2 aromatic rings. The lowest BCUT2D eigenvalue weighted by molar-refractivity contribution is 0.172. The maximum Gasteiger partial charge on any atom is 0.147 e. The van der Waals surface area contributed by atoms with Crippen LogP contribution in [0.25, 0.3) is 11.0 Å². The van der Waals surface area contributed by atoms with Gasteiger partial charge < -0.3 is 14.5 Å². The number of imidazole rings is 1. The van der Waals surface area contributed by atoms with Crippen LogP contribution >= 0.6 is 0 Å². The second-order valence-electron chi connectivity index (χ2n) is 3.25. The molecule has 0 radical (unpaired) electrons. The number of methoxy groups -OCH3 is 1. The Balaban J connectivity index is 2.04. The highest BCUT2D eigenvalue weighted by atomic mass is 16.5. The van der Waals surface area contributed by atoms with E-state index in [1.54, 1.807) is 13.4 Å². The molecule has 0 saturated carbocycles. The van der Waals surface area contributed by atoms with Crippen LogP contribution in [0.15, 0.2) is 24.5 Å². The number of nitrogens with zero attached hydrogens (tertiary/aromatic N) is 1. The van der Waals surface area contributed by atoms with Gasteiger partial charge >= 0.3 is 0 Å². The molecule has 0 unspecified atom stereocenters. The van der Waals surface area contributed by atoms with Crippen LogP contribution in [0.5, 0.6) is 5.75 Å². The molecule has 0 spiro atoms. The van der Waals surface area contributed by atoms with E-state index in [0.717, 1.165) is 29.8 Å². The maximum absolute atomic E-state index is 5.62. The first kappa shape index (κ1) is 9.98. The average molecular weight is 206 g/mol. The van der Waals surface area contributed by atoms with E-state index in [4.69, 9.17) is 9.47 Å². The summed E-state index contributed by atoms with van der Waals surface area (Å²) < 4.78 is 10.6. The van der Waals surface area contributed by atoms with E-state index in [9.17, 15) is 0 Å². The predicted octanol–water partition coefficient (Wildman–Crippen LogP) is 1.98. The van der Waals surface area contributed by atoms with Crippen molar-refractivity contribution < 1.29 is 9.47 Å². The molecular weight excluding hydrogens is 192 g/mol. The van der Waals surface area contributed by atoms with Crippen LogP contribution in [0.1, 0.15) is 6.42 Å². The highest BCUT2D eigenvalue weighted by molar-refractivity contribution is 5.80. The number of rotatable bonds is 5. The minimum Gasteiger partial charge on any atom is -0.491 e. The minimum atomic E-state index is 0.653. The number of para-hydroxylation sites is 1. The average Bonchev–Trinajstić information content (AvgIpc) is 2.73. The quantitative estimate of drug-likeness (QED) is 0.761. The van der Waals surface area contributed by atoms with E-state index in [1.165, 1.54) is 0 Å². The number of aromatic amines is 1. The van der Waals surface area contributed by atoms with E-state index in [0.29, 0.717) is 6.61 Å². The van der Waals surface area contributed by atoms with Crippen molar-refractivity contribution in [2.45, 2.75) is 6.42 Å². The van der Waals surface area contributed by atoms with Gasteiger partial charge in [0.25, 0.3) is 0 Å². The molecule has 4 heteroatoms. The van der Waals surface area contributed by atoms with Crippen LogP contribution in [0.2, 0.25) is 0 Å². The second kappa shape index (κ2) is 4.79. The van der Waals surface area contributed by atoms with Gasteiger partial charge in [0.15, 0.2) is 0 Å². The summed E-state index contributed by atoms with van der Waals surface area (Å²) in [7, 11) is 1.69. The molecule has 1 aromatic heterocycles. The first-order valence-electron chi connectivity index (χ1n) is 4.95. The third-order valence-electron chi connectivity index (χ3n) is 2.16. The van der Waals surface area contributed by atoms with Gasteiger partial charge in [-0.3, -0.25) is 0 Å². The summed E-state index contributed by atoms with van der Waals surface area (Å²) in [5, 5.41) is 0. The van der Waals surface area contributed by atoms with Gasteiger partial charge in [0.1, 0.15) is 11.3 Å². The molecule has 0 aliphatic heterocycles. The number of hydrogen-bond donors (Lipinski definition) is 1. The molecule has 1 N–H and O–H groups in total. The Hall–Kier alpha value is -1.55. The number of H-pyrrole nitrogens is 1. The van der Waals surface area contributed by atoms with Crippen LogP contribution in [0.3, 0.4) is 0 Å². The molecule has 0 amide bonds. The van der Waals surface area contributed by atoms with Gasteiger partial charge in [0.2, 0.25) is 0 Å². The van der Waals surface area contributed by atoms with Crippen LogP contribution < -0.4 is 4.74 Å². The van der Waals surface area contributed by atoms with Gasteiger partial charge in [-0.15, -0.1) is 0 Å². The van der Waals surface area contributed by atoms with E-state index in [-0.39, 0.29) is 0 Å². The largest absolute Gasteiger partial charge is 0.491 e. The van der Waals surface area contributed by atoms with Crippen LogP contribution in [0.4, 0.5) is 0 Å². The summed E-state index contributed by atoms with van der Waals surface area (Å²) in [5.74, 6) is 0.824. The van der Waals surface area contributed by atoms with Gasteiger partial charge in [0, 0.05) is 20.1 Å². The number of benzene rings is 1. The highest BCUT2D eigenvalue weighted by Crippen LogP contribution is 2.21. The number of fused-ring (bicyclic) bond motifs is 1. The van der Waals surface area contributed by atoms with Crippen LogP contribution in [-0.4, -0.2) is 30.3 Å². The Bertz CT molecular complexity index is 425. The third kappa shape index (κ3) is 2.27. The first-order valence-corrected chi connectivity index (χ1v) is 4.95. The van der Waals surface area contributed by atoms with Crippen molar-refractivity contribution in [2.75, 3.05) is 20.3 Å². The van der Waals surface area contributed by atoms with Gasteiger partial charge in [-0.25, -0.2) is 4.98 Å². The third-order valence-corrected chi connectivity index (χ3v) is 2.16. The SMILES string of the molecule is COCCCOc1cccc2[nH]cnc12. The lowest BCUT2D eigenvalue weighted by Crippen LogP contribution is -2.01. The van der Waals surface area contributed by atoms with Gasteiger partial charge in [-0.05, 0) is 12.1 Å². The molecule has 0 aliphatic rings. The monoisotopic (exact) mass is 206 g/mol. The van der Waals surface area contributed by atoms with Crippen molar-refractivity contribution >= 4 is 11.0 Å². The molecule has 2 rings (SSSR count). The minimum absolute atomic E-state index is 0.653. The number of ether oxygens (including phenoxy) is 2. The molecule has 15 heavy (non-hydrogen) atoms. The zero-order chi connectivity index (χ0) is 10.5. The molecular formula is C11H14N2O2. The van der Waals surface area contributed by atoms with Crippen LogP contribution in [0, 0.1) is 0 Å². The molecule has 80 valence electrons. The fourth-order valence-corrected chi connectivity index (χ4v) is 1.44. The van der Waals surface area contributed by atoms with Crippen molar-refractivity contribution in [3.8, 4) is 5.75 Å². The zero-order valence-electron chi connectivity index (χ0n) is 8.69. The Morgan fingerprint density at radius 3 is 3.13 bits per heavy atom. The van der Waals surface area contributed by atoms with Crippen molar-refractivity contribution in [1.82, 2.24) is 9.97 Å². The van der Waals surface area contributed by atoms with Gasteiger partial charge in [0.05, 0.1) is 18.5 Å². The fourth-order valence-electron chi connectivity index (χ4n) is 1.44. The molecule has 1 heterocycles. The summed E-state index contributed by atoms with van der Waals surface area (Å²) in [6, 6.07) is 5.85. The summed E-state index contributed by atoms with van der Waals surface area (Å²) in [6.07, 6.45) is 2.56. The second-order valence-corrected chi connectivity index (χ2v) is 3.25. The van der Waals surface area contributed by atoms with E-state index in [1.807, 2.05) is 18.2 Å². The van der Waals surface area contributed by atoms with Gasteiger partial charge in [-0.1, -0.05) is 6.07 Å². The molecule has 1 aromatic carbocycles. The number of nitrogens with one attached hydrogen (secondary N) is 1.